The molecule has 1 aliphatic rings. The van der Waals surface area contributed by atoms with Crippen molar-refractivity contribution in [3.8, 4) is 0 Å². The summed E-state index contributed by atoms with van der Waals surface area (Å²) in [5.41, 5.74) is 0.842. The smallest absolute Gasteiger partial charge is 0.0713 e. The quantitative estimate of drug-likeness (QED) is 0.849. The van der Waals surface area contributed by atoms with Crippen LogP contribution in [-0.2, 0) is 6.42 Å². The summed E-state index contributed by atoms with van der Waals surface area (Å²) in [6.45, 7) is 2.20. The minimum atomic E-state index is -0.484. The van der Waals surface area contributed by atoms with Gasteiger partial charge in [0.05, 0.1) is 5.60 Å². The Balaban J connectivity index is 1.91. The first-order valence-corrected chi connectivity index (χ1v) is 7.74. The maximum Gasteiger partial charge on any atom is 0.0713 e. The molecule has 2 aromatic rings. The molecule has 1 heterocycles. The average Bonchev–Trinajstić information content (AvgIpc) is 2.77. The van der Waals surface area contributed by atoms with Crippen LogP contribution in [0, 0.1) is 5.92 Å². The number of thiophene rings is 1. The van der Waals surface area contributed by atoms with E-state index in [0.717, 1.165) is 12.8 Å². The molecule has 3 rings (SSSR count). The molecule has 1 nitrogen and oxygen atoms in total. The van der Waals surface area contributed by atoms with E-state index in [1.807, 2.05) is 0 Å². The lowest BCUT2D eigenvalue weighted by molar-refractivity contribution is -0.0402. The van der Waals surface area contributed by atoms with Crippen LogP contribution in [0.4, 0.5) is 0 Å². The van der Waals surface area contributed by atoms with Crippen molar-refractivity contribution in [3.63, 3.8) is 0 Å². The summed E-state index contributed by atoms with van der Waals surface area (Å²) in [5.74, 6) is 0.421. The number of rotatable bonds is 2. The molecule has 2 heteroatoms. The van der Waals surface area contributed by atoms with E-state index in [2.05, 4.69) is 36.6 Å². The summed E-state index contributed by atoms with van der Waals surface area (Å²) in [5, 5.41) is 14.4. The standard InChI is InChI=1S/C16H20OS/c1-12-6-4-5-9-16(12,17)10-13-11-18-15-8-3-2-7-14(13)15/h2-3,7-8,11-12,17H,4-6,9-10H2,1H3. The Morgan fingerprint density at radius 2 is 2.17 bits per heavy atom. The number of hydrogen-bond acceptors (Lipinski definition) is 2. The third-order valence-electron chi connectivity index (χ3n) is 4.47. The van der Waals surface area contributed by atoms with E-state index in [9.17, 15) is 5.11 Å². The zero-order valence-corrected chi connectivity index (χ0v) is 11.7. The van der Waals surface area contributed by atoms with Crippen LogP contribution in [0.3, 0.4) is 0 Å². The van der Waals surface area contributed by atoms with E-state index < -0.39 is 5.60 Å². The van der Waals surface area contributed by atoms with Gasteiger partial charge in [0.2, 0.25) is 0 Å². The van der Waals surface area contributed by atoms with Crippen molar-refractivity contribution < 1.29 is 5.11 Å². The van der Waals surface area contributed by atoms with Gasteiger partial charge in [0.25, 0.3) is 0 Å². The van der Waals surface area contributed by atoms with Crippen LogP contribution in [0.15, 0.2) is 29.6 Å². The normalized spacial score (nSPS) is 28.7. The number of fused-ring (bicyclic) bond motifs is 1. The summed E-state index contributed by atoms with van der Waals surface area (Å²) in [4.78, 5) is 0. The van der Waals surface area contributed by atoms with Crippen molar-refractivity contribution in [2.24, 2.45) is 5.92 Å². The van der Waals surface area contributed by atoms with Gasteiger partial charge in [-0.25, -0.2) is 0 Å². The third-order valence-corrected chi connectivity index (χ3v) is 5.48. The summed E-state index contributed by atoms with van der Waals surface area (Å²) >= 11 is 1.79. The van der Waals surface area contributed by atoms with Crippen LogP contribution >= 0.6 is 11.3 Å². The van der Waals surface area contributed by atoms with Crippen LogP contribution in [0.2, 0.25) is 0 Å². The number of benzene rings is 1. The van der Waals surface area contributed by atoms with Gasteiger partial charge in [0.15, 0.2) is 0 Å². The summed E-state index contributed by atoms with van der Waals surface area (Å²) in [6, 6.07) is 8.52. The zero-order chi connectivity index (χ0) is 12.6. The number of hydrogen-bond donors (Lipinski definition) is 1. The van der Waals surface area contributed by atoms with Crippen LogP contribution in [0.5, 0.6) is 0 Å². The topological polar surface area (TPSA) is 20.2 Å². The molecule has 2 unspecified atom stereocenters. The van der Waals surface area contributed by atoms with Crippen molar-refractivity contribution in [2.75, 3.05) is 0 Å². The average molecular weight is 260 g/mol. The van der Waals surface area contributed by atoms with Gasteiger partial charge in [0.1, 0.15) is 0 Å². The minimum absolute atomic E-state index is 0.421. The predicted molar refractivity (Wildman–Crippen MR) is 78.1 cm³/mol. The molecule has 1 aromatic carbocycles. The molecular formula is C16H20OS. The molecule has 1 aromatic heterocycles. The van der Waals surface area contributed by atoms with Gasteiger partial charge >= 0.3 is 0 Å². The molecule has 0 spiro atoms. The molecule has 0 aliphatic heterocycles. The fourth-order valence-corrected chi connectivity index (χ4v) is 4.12. The van der Waals surface area contributed by atoms with Crippen LogP contribution in [-0.4, -0.2) is 10.7 Å². The summed E-state index contributed by atoms with van der Waals surface area (Å²) in [6.07, 6.45) is 5.38. The molecule has 0 bridgehead atoms. The highest BCUT2D eigenvalue weighted by molar-refractivity contribution is 7.17. The van der Waals surface area contributed by atoms with Gasteiger partial charge in [-0.15, -0.1) is 11.3 Å². The highest BCUT2D eigenvalue weighted by Gasteiger charge is 2.36. The first kappa shape index (κ1) is 12.2. The second-order valence-electron chi connectivity index (χ2n) is 5.68. The highest BCUT2D eigenvalue weighted by atomic mass is 32.1. The first-order chi connectivity index (χ1) is 8.69. The van der Waals surface area contributed by atoms with E-state index in [-0.39, 0.29) is 0 Å². The summed E-state index contributed by atoms with van der Waals surface area (Å²) in [7, 11) is 0. The fraction of sp³-hybridized carbons (Fsp3) is 0.500. The second-order valence-corrected chi connectivity index (χ2v) is 6.60. The molecule has 1 saturated carbocycles. The van der Waals surface area contributed by atoms with Gasteiger partial charge in [-0.2, -0.15) is 0 Å². The van der Waals surface area contributed by atoms with Gasteiger partial charge in [-0.3, -0.25) is 0 Å². The second kappa shape index (κ2) is 4.67. The lowest BCUT2D eigenvalue weighted by Crippen LogP contribution is -2.41. The van der Waals surface area contributed by atoms with E-state index >= 15 is 0 Å². The Morgan fingerprint density at radius 3 is 3.00 bits per heavy atom. The zero-order valence-electron chi connectivity index (χ0n) is 10.9. The Morgan fingerprint density at radius 1 is 1.33 bits per heavy atom. The van der Waals surface area contributed by atoms with Crippen molar-refractivity contribution in [3.05, 3.63) is 35.2 Å². The maximum atomic E-state index is 10.9. The van der Waals surface area contributed by atoms with Crippen LogP contribution in [0.1, 0.15) is 38.2 Å². The van der Waals surface area contributed by atoms with Gasteiger partial charge in [-0.05, 0) is 41.2 Å². The summed E-state index contributed by atoms with van der Waals surface area (Å²) < 4.78 is 1.33. The Labute approximate surface area is 112 Å². The molecule has 96 valence electrons. The Hall–Kier alpha value is -0.860. The number of aliphatic hydroxyl groups is 1. The van der Waals surface area contributed by atoms with Crippen LogP contribution in [0.25, 0.3) is 10.1 Å². The van der Waals surface area contributed by atoms with Gasteiger partial charge in [-0.1, -0.05) is 38.0 Å². The highest BCUT2D eigenvalue weighted by Crippen LogP contribution is 2.38. The molecule has 0 saturated heterocycles. The van der Waals surface area contributed by atoms with E-state index in [1.54, 1.807) is 11.3 Å². The van der Waals surface area contributed by atoms with Crippen molar-refractivity contribution in [1.82, 2.24) is 0 Å². The van der Waals surface area contributed by atoms with E-state index in [0.29, 0.717) is 5.92 Å². The monoisotopic (exact) mass is 260 g/mol. The maximum absolute atomic E-state index is 10.9. The fourth-order valence-electron chi connectivity index (χ4n) is 3.16. The van der Waals surface area contributed by atoms with Crippen molar-refractivity contribution in [1.29, 1.82) is 0 Å². The molecule has 1 N–H and O–H groups in total. The molecule has 1 fully saturated rings. The van der Waals surface area contributed by atoms with Crippen LogP contribution < -0.4 is 0 Å². The Bertz CT molecular complexity index is 545. The molecule has 1 aliphatic carbocycles. The van der Waals surface area contributed by atoms with E-state index in [4.69, 9.17) is 0 Å². The largest absolute Gasteiger partial charge is 0.389 e. The van der Waals surface area contributed by atoms with Crippen molar-refractivity contribution >= 4 is 21.4 Å². The molecular weight excluding hydrogens is 240 g/mol. The molecule has 0 radical (unpaired) electrons. The lowest BCUT2D eigenvalue weighted by Gasteiger charge is -2.38. The van der Waals surface area contributed by atoms with Gasteiger partial charge < -0.3 is 5.11 Å². The molecule has 0 amide bonds. The van der Waals surface area contributed by atoms with Crippen molar-refractivity contribution in [2.45, 2.75) is 44.6 Å². The lowest BCUT2D eigenvalue weighted by atomic mass is 9.73. The van der Waals surface area contributed by atoms with Gasteiger partial charge in [0, 0.05) is 11.1 Å². The SMILES string of the molecule is CC1CCCCC1(O)Cc1csc2ccccc12. The molecule has 2 atom stereocenters. The third kappa shape index (κ3) is 2.08. The molecule has 18 heavy (non-hydrogen) atoms. The predicted octanol–water partition coefficient (Wildman–Crippen LogP) is 4.39. The first-order valence-electron chi connectivity index (χ1n) is 6.86. The Kier molecular flexibility index (Phi) is 3.16. The minimum Gasteiger partial charge on any atom is -0.389 e. The van der Waals surface area contributed by atoms with E-state index in [1.165, 1.54) is 34.9 Å².